The molecule has 4 heteroatoms. The van der Waals surface area contributed by atoms with E-state index in [9.17, 15) is 0 Å². The van der Waals surface area contributed by atoms with Gasteiger partial charge in [-0.3, -0.25) is 10.8 Å². The van der Waals surface area contributed by atoms with E-state index >= 15 is 0 Å². The molecule has 0 atom stereocenters. The van der Waals surface area contributed by atoms with Gasteiger partial charge < -0.3 is 10.2 Å². The molecule has 0 unspecified atom stereocenters. The first-order valence-electron chi connectivity index (χ1n) is 5.09. The van der Waals surface area contributed by atoms with Crippen molar-refractivity contribution in [2.24, 2.45) is 5.84 Å². The molecule has 1 aromatic carbocycles. The van der Waals surface area contributed by atoms with Crippen molar-refractivity contribution in [3.05, 3.63) is 29.5 Å². The number of ether oxygens (including phenoxy) is 1. The molecule has 2 rings (SSSR count). The monoisotopic (exact) mass is 217 g/mol. The highest BCUT2D eigenvalue weighted by molar-refractivity contribution is 5.94. The summed E-state index contributed by atoms with van der Waals surface area (Å²) < 4.78 is 5.20. The summed E-state index contributed by atoms with van der Waals surface area (Å²) >= 11 is 0. The minimum atomic E-state index is 0.800. The molecule has 16 heavy (non-hydrogen) atoms. The van der Waals surface area contributed by atoms with Gasteiger partial charge in [-0.05, 0) is 37.6 Å². The van der Waals surface area contributed by atoms with Gasteiger partial charge >= 0.3 is 0 Å². The lowest BCUT2D eigenvalue weighted by molar-refractivity contribution is 0.415. The van der Waals surface area contributed by atoms with E-state index in [2.05, 4.69) is 10.4 Å². The summed E-state index contributed by atoms with van der Waals surface area (Å²) in [5, 5.41) is 0.977. The molecule has 0 aliphatic carbocycles. The Kier molecular flexibility index (Phi) is 2.66. The van der Waals surface area contributed by atoms with Crippen molar-refractivity contribution in [3.63, 3.8) is 0 Å². The van der Waals surface area contributed by atoms with E-state index in [1.165, 1.54) is 0 Å². The van der Waals surface area contributed by atoms with Crippen molar-refractivity contribution >= 4 is 16.6 Å². The molecule has 0 amide bonds. The number of benzene rings is 1. The van der Waals surface area contributed by atoms with Crippen LogP contribution in [-0.2, 0) is 0 Å². The summed E-state index contributed by atoms with van der Waals surface area (Å²) in [7, 11) is 1.64. The van der Waals surface area contributed by atoms with Crippen LogP contribution < -0.4 is 16.0 Å². The van der Waals surface area contributed by atoms with E-state index < -0.39 is 0 Å². The molecule has 1 aromatic heterocycles. The van der Waals surface area contributed by atoms with Crippen molar-refractivity contribution in [2.75, 3.05) is 12.5 Å². The van der Waals surface area contributed by atoms with Gasteiger partial charge in [0.15, 0.2) is 0 Å². The van der Waals surface area contributed by atoms with Crippen molar-refractivity contribution in [1.82, 2.24) is 4.98 Å². The van der Waals surface area contributed by atoms with Gasteiger partial charge in [-0.1, -0.05) is 0 Å². The third-order valence-electron chi connectivity index (χ3n) is 2.82. The molecular formula is C12H15N3O. The fourth-order valence-electron chi connectivity index (χ4n) is 1.77. The van der Waals surface area contributed by atoms with Crippen LogP contribution in [0.2, 0.25) is 0 Å². The summed E-state index contributed by atoms with van der Waals surface area (Å²) in [4.78, 5) is 4.51. The van der Waals surface area contributed by atoms with Crippen LogP contribution in [0.15, 0.2) is 18.2 Å². The Morgan fingerprint density at radius 1 is 1.31 bits per heavy atom. The van der Waals surface area contributed by atoms with Crippen LogP contribution in [0.4, 0.5) is 5.69 Å². The van der Waals surface area contributed by atoms with Gasteiger partial charge in [0, 0.05) is 11.1 Å². The largest absolute Gasteiger partial charge is 0.497 e. The second-order valence-corrected chi connectivity index (χ2v) is 3.72. The highest BCUT2D eigenvalue weighted by atomic mass is 16.5. The number of hydrogen-bond acceptors (Lipinski definition) is 4. The molecule has 0 saturated heterocycles. The average Bonchev–Trinajstić information content (AvgIpc) is 2.30. The topological polar surface area (TPSA) is 60.2 Å². The molecule has 0 fully saturated rings. The number of aryl methyl sites for hydroxylation is 1. The second-order valence-electron chi connectivity index (χ2n) is 3.72. The van der Waals surface area contributed by atoms with Crippen molar-refractivity contribution in [3.8, 4) is 5.75 Å². The Hall–Kier alpha value is -1.81. The second kappa shape index (κ2) is 3.98. The van der Waals surface area contributed by atoms with Gasteiger partial charge in [-0.2, -0.15) is 0 Å². The van der Waals surface area contributed by atoms with Crippen LogP contribution in [-0.4, -0.2) is 12.1 Å². The smallest absolute Gasteiger partial charge is 0.119 e. The van der Waals surface area contributed by atoms with Crippen molar-refractivity contribution in [1.29, 1.82) is 0 Å². The number of nitrogens with two attached hydrogens (primary N) is 1. The first-order valence-corrected chi connectivity index (χ1v) is 5.09. The first kappa shape index (κ1) is 10.7. The Labute approximate surface area is 94.4 Å². The lowest BCUT2D eigenvalue weighted by Gasteiger charge is -2.12. The maximum Gasteiger partial charge on any atom is 0.119 e. The number of hydrogen-bond donors (Lipinski definition) is 2. The van der Waals surface area contributed by atoms with Crippen LogP contribution in [0, 0.1) is 13.8 Å². The number of fused-ring (bicyclic) bond motifs is 1. The van der Waals surface area contributed by atoms with E-state index in [-0.39, 0.29) is 0 Å². The third-order valence-corrected chi connectivity index (χ3v) is 2.82. The lowest BCUT2D eigenvalue weighted by atomic mass is 10.1. The highest BCUT2D eigenvalue weighted by Gasteiger charge is 2.08. The van der Waals surface area contributed by atoms with Crippen LogP contribution in [0.25, 0.3) is 10.9 Å². The van der Waals surface area contributed by atoms with Crippen LogP contribution >= 0.6 is 0 Å². The molecule has 2 aromatic rings. The average molecular weight is 217 g/mol. The lowest BCUT2D eigenvalue weighted by Crippen LogP contribution is -2.10. The van der Waals surface area contributed by atoms with Gasteiger partial charge in [-0.25, -0.2) is 0 Å². The summed E-state index contributed by atoms with van der Waals surface area (Å²) in [5.41, 5.74) is 6.59. The maximum atomic E-state index is 5.56. The zero-order valence-electron chi connectivity index (χ0n) is 9.66. The van der Waals surface area contributed by atoms with E-state index in [1.807, 2.05) is 32.0 Å². The van der Waals surface area contributed by atoms with Crippen LogP contribution in [0.1, 0.15) is 11.3 Å². The van der Waals surface area contributed by atoms with Crippen LogP contribution in [0.3, 0.4) is 0 Å². The molecule has 4 nitrogen and oxygen atoms in total. The van der Waals surface area contributed by atoms with Gasteiger partial charge in [0.05, 0.1) is 18.3 Å². The van der Waals surface area contributed by atoms with E-state index in [1.54, 1.807) is 7.11 Å². The quantitative estimate of drug-likeness (QED) is 0.597. The molecule has 0 spiro atoms. The van der Waals surface area contributed by atoms with Gasteiger partial charge in [-0.15, -0.1) is 0 Å². The zero-order valence-corrected chi connectivity index (χ0v) is 9.66. The number of pyridine rings is 1. The van der Waals surface area contributed by atoms with E-state index in [0.717, 1.165) is 33.6 Å². The molecule has 0 bridgehead atoms. The summed E-state index contributed by atoms with van der Waals surface area (Å²) in [6.07, 6.45) is 0. The number of rotatable bonds is 2. The number of nitrogens with zero attached hydrogens (tertiary/aromatic N) is 1. The molecule has 3 N–H and O–H groups in total. The molecule has 0 saturated carbocycles. The number of aromatic nitrogens is 1. The van der Waals surface area contributed by atoms with Crippen molar-refractivity contribution in [2.45, 2.75) is 13.8 Å². The predicted octanol–water partition coefficient (Wildman–Crippen LogP) is 2.15. The van der Waals surface area contributed by atoms with Gasteiger partial charge in [0.25, 0.3) is 0 Å². The SMILES string of the molecule is COc1ccc2nc(C)c(C)c(NN)c2c1. The highest BCUT2D eigenvalue weighted by Crippen LogP contribution is 2.29. The Bertz CT molecular complexity index is 537. The fraction of sp³-hybridized carbons (Fsp3) is 0.250. The predicted molar refractivity (Wildman–Crippen MR) is 65.6 cm³/mol. The number of hydrazine groups is 1. The zero-order chi connectivity index (χ0) is 11.7. The number of anilines is 1. The summed E-state index contributed by atoms with van der Waals surface area (Å²) in [6, 6.07) is 5.76. The molecule has 1 heterocycles. The van der Waals surface area contributed by atoms with Crippen molar-refractivity contribution < 1.29 is 4.74 Å². The van der Waals surface area contributed by atoms with E-state index in [4.69, 9.17) is 10.6 Å². The number of methoxy groups -OCH3 is 1. The molecule has 0 aliphatic heterocycles. The maximum absolute atomic E-state index is 5.56. The molecule has 0 radical (unpaired) electrons. The van der Waals surface area contributed by atoms with Gasteiger partial charge in [0.2, 0.25) is 0 Å². The standard InChI is InChI=1S/C12H15N3O/c1-7-8(2)14-11-5-4-9(16-3)6-10(11)12(7)15-13/h4-6H,13H2,1-3H3,(H,14,15). The molecule has 0 aliphatic rings. The Morgan fingerprint density at radius 2 is 2.06 bits per heavy atom. The van der Waals surface area contributed by atoms with Crippen LogP contribution in [0.5, 0.6) is 5.75 Å². The number of nitrogens with one attached hydrogen (secondary N) is 1. The first-order chi connectivity index (χ1) is 7.67. The molecule has 84 valence electrons. The number of nitrogen functional groups attached to an aromatic ring is 1. The third kappa shape index (κ3) is 1.57. The summed E-state index contributed by atoms with van der Waals surface area (Å²) in [6.45, 7) is 3.97. The van der Waals surface area contributed by atoms with E-state index in [0.29, 0.717) is 0 Å². The Balaban J connectivity index is 2.81. The Morgan fingerprint density at radius 3 is 2.69 bits per heavy atom. The minimum absolute atomic E-state index is 0.800. The molecular weight excluding hydrogens is 202 g/mol. The summed E-state index contributed by atoms with van der Waals surface area (Å²) in [5.74, 6) is 6.36. The normalized spacial score (nSPS) is 10.5. The van der Waals surface area contributed by atoms with Gasteiger partial charge in [0.1, 0.15) is 5.75 Å². The fourth-order valence-corrected chi connectivity index (χ4v) is 1.77. The minimum Gasteiger partial charge on any atom is -0.497 e.